The van der Waals surface area contributed by atoms with Crippen molar-refractivity contribution >= 4 is 0 Å². The Hall–Kier alpha value is -1.36. The highest BCUT2D eigenvalue weighted by Gasteiger charge is 2.06. The first kappa shape index (κ1) is 10.7. The van der Waals surface area contributed by atoms with Crippen molar-refractivity contribution < 1.29 is 4.74 Å². The molecular weight excluding hydrogens is 184 g/mol. The molecule has 5 nitrogen and oxygen atoms in total. The Morgan fingerprint density at radius 2 is 2.14 bits per heavy atom. The summed E-state index contributed by atoms with van der Waals surface area (Å²) in [6.45, 7) is 2.09. The van der Waals surface area contributed by atoms with Crippen LogP contribution in [0.2, 0.25) is 0 Å². The zero-order chi connectivity index (χ0) is 10.7. The first-order chi connectivity index (χ1) is 6.56. The van der Waals surface area contributed by atoms with E-state index in [1.54, 1.807) is 21.1 Å². The van der Waals surface area contributed by atoms with Gasteiger partial charge >= 0.3 is 5.69 Å². The molecule has 5 heteroatoms. The number of nitrogens with zero attached hydrogens (tertiary/aromatic N) is 2. The lowest BCUT2D eigenvalue weighted by Gasteiger charge is -2.11. The first-order valence-electron chi connectivity index (χ1n) is 4.35. The smallest absolute Gasteiger partial charge is 0.330 e. The number of ether oxygens (including phenoxy) is 1. The Kier molecular flexibility index (Phi) is 3.24. The van der Waals surface area contributed by atoms with E-state index in [1.165, 1.54) is 16.8 Å². The molecule has 1 atom stereocenters. The quantitative estimate of drug-likeness (QED) is 0.663. The van der Waals surface area contributed by atoms with Crippen LogP contribution < -0.4 is 11.2 Å². The van der Waals surface area contributed by atoms with Crippen LogP contribution in [0.5, 0.6) is 0 Å². The molecule has 0 aliphatic rings. The van der Waals surface area contributed by atoms with Gasteiger partial charge in [0.15, 0.2) is 0 Å². The van der Waals surface area contributed by atoms with Crippen molar-refractivity contribution in [3.8, 4) is 0 Å². The minimum atomic E-state index is -0.318. The van der Waals surface area contributed by atoms with Gasteiger partial charge < -0.3 is 9.30 Å². The second kappa shape index (κ2) is 4.23. The second-order valence-electron chi connectivity index (χ2n) is 3.20. The van der Waals surface area contributed by atoms with Crippen LogP contribution in [-0.2, 0) is 18.3 Å². The van der Waals surface area contributed by atoms with Crippen molar-refractivity contribution in [2.24, 2.45) is 7.05 Å². The molecule has 0 saturated carbocycles. The summed E-state index contributed by atoms with van der Waals surface area (Å²) in [4.78, 5) is 22.8. The molecule has 1 aromatic rings. The first-order valence-corrected chi connectivity index (χ1v) is 4.35. The fourth-order valence-electron chi connectivity index (χ4n) is 1.11. The molecule has 0 N–H and O–H groups in total. The summed E-state index contributed by atoms with van der Waals surface area (Å²) in [5.41, 5.74) is -0.613. The molecule has 14 heavy (non-hydrogen) atoms. The lowest BCUT2D eigenvalue weighted by Crippen LogP contribution is -2.40. The monoisotopic (exact) mass is 198 g/mol. The molecule has 1 aromatic heterocycles. The lowest BCUT2D eigenvalue weighted by molar-refractivity contribution is 0.101. The Morgan fingerprint density at radius 3 is 2.71 bits per heavy atom. The van der Waals surface area contributed by atoms with Crippen LogP contribution in [0.25, 0.3) is 0 Å². The third-order valence-corrected chi connectivity index (χ3v) is 2.08. The van der Waals surface area contributed by atoms with E-state index in [9.17, 15) is 9.59 Å². The van der Waals surface area contributed by atoms with E-state index in [2.05, 4.69) is 0 Å². The Morgan fingerprint density at radius 1 is 1.50 bits per heavy atom. The maximum absolute atomic E-state index is 11.5. The Balaban J connectivity index is 3.14. The standard InChI is InChI=1S/C9H14N2O3/c1-7(14-3)6-11-8(12)4-5-10(2)9(11)13/h4-5,7H,6H2,1-3H3. The number of rotatable bonds is 3. The molecule has 0 aromatic carbocycles. The third-order valence-electron chi connectivity index (χ3n) is 2.08. The van der Waals surface area contributed by atoms with Crippen molar-refractivity contribution in [2.75, 3.05) is 7.11 Å². The molecule has 78 valence electrons. The SMILES string of the molecule is COC(C)Cn1c(=O)ccn(C)c1=O. The van der Waals surface area contributed by atoms with E-state index in [0.29, 0.717) is 0 Å². The Bertz CT molecular complexity index is 419. The topological polar surface area (TPSA) is 53.2 Å². The predicted octanol–water partition coefficient (Wildman–Crippen LogP) is -0.418. The van der Waals surface area contributed by atoms with E-state index in [0.717, 1.165) is 4.57 Å². The summed E-state index contributed by atoms with van der Waals surface area (Å²) in [7, 11) is 3.15. The van der Waals surface area contributed by atoms with Crippen LogP contribution >= 0.6 is 0 Å². The zero-order valence-electron chi connectivity index (χ0n) is 8.56. The van der Waals surface area contributed by atoms with Gasteiger partial charge in [-0.3, -0.25) is 9.36 Å². The number of aryl methyl sites for hydroxylation is 1. The number of methoxy groups -OCH3 is 1. The van der Waals surface area contributed by atoms with E-state index in [1.807, 2.05) is 0 Å². The van der Waals surface area contributed by atoms with E-state index < -0.39 is 0 Å². The summed E-state index contributed by atoms with van der Waals surface area (Å²) >= 11 is 0. The van der Waals surface area contributed by atoms with Crippen LogP contribution in [0.4, 0.5) is 0 Å². The lowest BCUT2D eigenvalue weighted by atomic mass is 10.4. The molecule has 0 fully saturated rings. The third kappa shape index (κ3) is 2.11. The van der Waals surface area contributed by atoms with Gasteiger partial charge in [0.1, 0.15) is 0 Å². The maximum atomic E-state index is 11.5. The average Bonchev–Trinajstić information content (AvgIpc) is 2.18. The highest BCUT2D eigenvalue weighted by molar-refractivity contribution is 4.85. The number of aromatic nitrogens is 2. The van der Waals surface area contributed by atoms with Crippen LogP contribution in [-0.4, -0.2) is 22.3 Å². The molecule has 0 spiro atoms. The van der Waals surface area contributed by atoms with Crippen LogP contribution in [0.15, 0.2) is 21.9 Å². The summed E-state index contributed by atoms with van der Waals surface area (Å²) in [5, 5.41) is 0. The molecular formula is C9H14N2O3. The zero-order valence-corrected chi connectivity index (χ0v) is 8.56. The highest BCUT2D eigenvalue weighted by atomic mass is 16.5. The molecule has 0 aliphatic carbocycles. The van der Waals surface area contributed by atoms with E-state index in [-0.39, 0.29) is 23.9 Å². The van der Waals surface area contributed by atoms with Crippen LogP contribution in [0, 0.1) is 0 Å². The molecule has 1 heterocycles. The van der Waals surface area contributed by atoms with Gasteiger partial charge in [-0.1, -0.05) is 0 Å². The molecule has 1 rings (SSSR count). The number of hydrogen-bond acceptors (Lipinski definition) is 3. The van der Waals surface area contributed by atoms with E-state index in [4.69, 9.17) is 4.74 Å². The summed E-state index contributed by atoms with van der Waals surface area (Å²) in [6.07, 6.45) is 1.31. The van der Waals surface area contributed by atoms with Crippen LogP contribution in [0.1, 0.15) is 6.92 Å². The Labute approximate surface area is 81.6 Å². The summed E-state index contributed by atoms with van der Waals surface area (Å²) in [5.74, 6) is 0. The molecule has 1 unspecified atom stereocenters. The van der Waals surface area contributed by atoms with Gasteiger partial charge in [0, 0.05) is 26.4 Å². The van der Waals surface area contributed by atoms with Gasteiger partial charge in [0.05, 0.1) is 12.6 Å². The fourth-order valence-corrected chi connectivity index (χ4v) is 1.11. The van der Waals surface area contributed by atoms with Gasteiger partial charge in [-0.15, -0.1) is 0 Å². The van der Waals surface area contributed by atoms with E-state index >= 15 is 0 Å². The van der Waals surface area contributed by atoms with Crippen molar-refractivity contribution in [2.45, 2.75) is 19.6 Å². The molecule has 0 saturated heterocycles. The largest absolute Gasteiger partial charge is 0.380 e. The summed E-state index contributed by atoms with van der Waals surface area (Å²) in [6, 6.07) is 1.36. The van der Waals surface area contributed by atoms with Crippen LogP contribution in [0.3, 0.4) is 0 Å². The maximum Gasteiger partial charge on any atom is 0.330 e. The predicted molar refractivity (Wildman–Crippen MR) is 52.4 cm³/mol. The van der Waals surface area contributed by atoms with Gasteiger partial charge in [-0.25, -0.2) is 4.79 Å². The molecule has 0 radical (unpaired) electrons. The van der Waals surface area contributed by atoms with Gasteiger partial charge in [0.25, 0.3) is 5.56 Å². The van der Waals surface area contributed by atoms with Gasteiger partial charge in [-0.05, 0) is 6.92 Å². The van der Waals surface area contributed by atoms with Crippen molar-refractivity contribution in [1.82, 2.24) is 9.13 Å². The minimum absolute atomic E-state index is 0.150. The molecule has 0 aliphatic heterocycles. The molecule has 0 amide bonds. The number of hydrogen-bond donors (Lipinski definition) is 0. The highest BCUT2D eigenvalue weighted by Crippen LogP contribution is 1.88. The van der Waals surface area contributed by atoms with Crippen molar-refractivity contribution in [3.63, 3.8) is 0 Å². The van der Waals surface area contributed by atoms with Crippen molar-refractivity contribution in [1.29, 1.82) is 0 Å². The summed E-state index contributed by atoms with van der Waals surface area (Å²) < 4.78 is 7.52. The second-order valence-corrected chi connectivity index (χ2v) is 3.20. The van der Waals surface area contributed by atoms with Crippen molar-refractivity contribution in [3.05, 3.63) is 33.1 Å². The van der Waals surface area contributed by atoms with Gasteiger partial charge in [0.2, 0.25) is 0 Å². The molecule has 0 bridgehead atoms. The average molecular weight is 198 g/mol. The normalized spacial score (nSPS) is 12.8. The fraction of sp³-hybridized carbons (Fsp3) is 0.556. The van der Waals surface area contributed by atoms with Gasteiger partial charge in [-0.2, -0.15) is 0 Å². The minimum Gasteiger partial charge on any atom is -0.380 e.